The lowest BCUT2D eigenvalue weighted by molar-refractivity contribution is -0.122. The van der Waals surface area contributed by atoms with Gasteiger partial charge in [0.15, 0.2) is 6.10 Å². The van der Waals surface area contributed by atoms with E-state index in [0.717, 1.165) is 17.1 Å². The van der Waals surface area contributed by atoms with Crippen LogP contribution in [0.1, 0.15) is 18.9 Å². The molecule has 0 aliphatic carbocycles. The van der Waals surface area contributed by atoms with Gasteiger partial charge in [-0.15, -0.1) is 0 Å². The van der Waals surface area contributed by atoms with Crippen LogP contribution < -0.4 is 14.8 Å². The van der Waals surface area contributed by atoms with E-state index in [9.17, 15) is 4.79 Å². The number of carbonyl (C=O) groups excluding carboxylic acids is 1. The van der Waals surface area contributed by atoms with Gasteiger partial charge in [-0.05, 0) is 61.4 Å². The van der Waals surface area contributed by atoms with Crippen LogP contribution in [0.25, 0.3) is 0 Å². The molecule has 0 aromatic heterocycles. The molecule has 27 heavy (non-hydrogen) atoms. The third-order valence-corrected chi connectivity index (χ3v) is 4.13. The second-order valence-electron chi connectivity index (χ2n) is 6.21. The number of benzene rings is 3. The zero-order valence-corrected chi connectivity index (χ0v) is 15.5. The fourth-order valence-electron chi connectivity index (χ4n) is 2.62. The second-order valence-corrected chi connectivity index (χ2v) is 6.21. The number of aryl methyl sites for hydroxylation is 1. The molecule has 0 unspecified atom stereocenters. The number of hydrogen-bond acceptors (Lipinski definition) is 3. The Morgan fingerprint density at radius 3 is 2.19 bits per heavy atom. The summed E-state index contributed by atoms with van der Waals surface area (Å²) in [7, 11) is 0. The molecule has 0 fully saturated rings. The molecule has 0 bridgehead atoms. The molecule has 4 heteroatoms. The van der Waals surface area contributed by atoms with E-state index in [4.69, 9.17) is 9.47 Å². The van der Waals surface area contributed by atoms with Gasteiger partial charge in [-0.2, -0.15) is 0 Å². The Morgan fingerprint density at radius 1 is 0.889 bits per heavy atom. The van der Waals surface area contributed by atoms with Crippen molar-refractivity contribution >= 4 is 11.6 Å². The average Bonchev–Trinajstić information content (AvgIpc) is 2.69. The van der Waals surface area contributed by atoms with Gasteiger partial charge >= 0.3 is 0 Å². The predicted molar refractivity (Wildman–Crippen MR) is 107 cm³/mol. The van der Waals surface area contributed by atoms with Crippen molar-refractivity contribution in [1.29, 1.82) is 0 Å². The SMILES string of the molecule is CC[C@@H](Oc1ccccc1C)C(=O)Nc1ccc(Oc2ccccc2)cc1. The van der Waals surface area contributed by atoms with E-state index < -0.39 is 6.10 Å². The highest BCUT2D eigenvalue weighted by atomic mass is 16.5. The molecule has 1 amide bonds. The third-order valence-electron chi connectivity index (χ3n) is 4.13. The maximum atomic E-state index is 12.6. The molecule has 3 aromatic rings. The minimum atomic E-state index is -0.550. The first-order chi connectivity index (χ1) is 13.2. The predicted octanol–water partition coefficient (Wildman–Crippen LogP) is 5.58. The van der Waals surface area contributed by atoms with Gasteiger partial charge in [0, 0.05) is 5.69 Å². The maximum Gasteiger partial charge on any atom is 0.265 e. The lowest BCUT2D eigenvalue weighted by atomic mass is 10.2. The molecular formula is C23H23NO3. The summed E-state index contributed by atoms with van der Waals surface area (Å²) in [5.41, 5.74) is 1.71. The normalized spacial score (nSPS) is 11.5. The van der Waals surface area contributed by atoms with Crippen LogP contribution in [-0.4, -0.2) is 12.0 Å². The van der Waals surface area contributed by atoms with E-state index in [1.165, 1.54) is 0 Å². The zero-order chi connectivity index (χ0) is 19.1. The summed E-state index contributed by atoms with van der Waals surface area (Å²) in [6.45, 7) is 3.89. The summed E-state index contributed by atoms with van der Waals surface area (Å²) in [6.07, 6.45) is 0.0291. The molecule has 4 nitrogen and oxygen atoms in total. The first-order valence-corrected chi connectivity index (χ1v) is 9.02. The first kappa shape index (κ1) is 18.5. The van der Waals surface area contributed by atoms with Gasteiger partial charge < -0.3 is 14.8 Å². The Kier molecular flexibility index (Phi) is 6.10. The second kappa shape index (κ2) is 8.90. The van der Waals surface area contributed by atoms with Crippen LogP contribution in [0.3, 0.4) is 0 Å². The van der Waals surface area contributed by atoms with Crippen molar-refractivity contribution in [3.8, 4) is 17.2 Å². The molecule has 0 radical (unpaired) electrons. The van der Waals surface area contributed by atoms with Crippen molar-refractivity contribution in [2.45, 2.75) is 26.4 Å². The lowest BCUT2D eigenvalue weighted by Gasteiger charge is -2.18. The van der Waals surface area contributed by atoms with Crippen molar-refractivity contribution in [1.82, 2.24) is 0 Å². The van der Waals surface area contributed by atoms with Crippen LogP contribution in [-0.2, 0) is 4.79 Å². The molecule has 1 atom stereocenters. The van der Waals surface area contributed by atoms with E-state index in [1.54, 1.807) is 0 Å². The Bertz CT molecular complexity index is 876. The summed E-state index contributed by atoms with van der Waals surface area (Å²) in [4.78, 5) is 12.6. The molecule has 0 saturated carbocycles. The van der Waals surface area contributed by atoms with Crippen molar-refractivity contribution in [3.05, 3.63) is 84.4 Å². The highest BCUT2D eigenvalue weighted by Gasteiger charge is 2.19. The van der Waals surface area contributed by atoms with Gasteiger partial charge in [0.1, 0.15) is 17.2 Å². The maximum absolute atomic E-state index is 12.6. The van der Waals surface area contributed by atoms with Gasteiger partial charge in [0.2, 0.25) is 0 Å². The monoisotopic (exact) mass is 361 g/mol. The van der Waals surface area contributed by atoms with Crippen LogP contribution in [0.5, 0.6) is 17.2 Å². The molecule has 0 aliphatic heterocycles. The molecule has 0 aliphatic rings. The Labute approximate surface area is 159 Å². The lowest BCUT2D eigenvalue weighted by Crippen LogP contribution is -2.32. The fraction of sp³-hybridized carbons (Fsp3) is 0.174. The third kappa shape index (κ3) is 5.11. The van der Waals surface area contributed by atoms with Gasteiger partial charge in [-0.1, -0.05) is 43.3 Å². The largest absolute Gasteiger partial charge is 0.480 e. The highest BCUT2D eigenvalue weighted by molar-refractivity contribution is 5.94. The first-order valence-electron chi connectivity index (χ1n) is 9.02. The molecule has 0 heterocycles. The molecule has 3 rings (SSSR count). The van der Waals surface area contributed by atoms with Gasteiger partial charge in [0.05, 0.1) is 0 Å². The van der Waals surface area contributed by atoms with Crippen LogP contribution in [0.15, 0.2) is 78.9 Å². The molecule has 138 valence electrons. The number of para-hydroxylation sites is 2. The van der Waals surface area contributed by atoms with Gasteiger partial charge in [-0.3, -0.25) is 4.79 Å². The van der Waals surface area contributed by atoms with E-state index in [0.29, 0.717) is 17.9 Å². The average molecular weight is 361 g/mol. The zero-order valence-electron chi connectivity index (χ0n) is 15.5. The number of anilines is 1. The summed E-state index contributed by atoms with van der Waals surface area (Å²) in [5.74, 6) is 2.04. The van der Waals surface area contributed by atoms with Crippen molar-refractivity contribution in [2.75, 3.05) is 5.32 Å². The summed E-state index contributed by atoms with van der Waals surface area (Å²) in [5, 5.41) is 2.90. The van der Waals surface area contributed by atoms with Crippen LogP contribution in [0.2, 0.25) is 0 Å². The quantitative estimate of drug-likeness (QED) is 0.597. The molecule has 3 aromatic carbocycles. The van der Waals surface area contributed by atoms with E-state index in [-0.39, 0.29) is 5.91 Å². The number of nitrogens with one attached hydrogen (secondary N) is 1. The smallest absolute Gasteiger partial charge is 0.265 e. The van der Waals surface area contributed by atoms with E-state index in [2.05, 4.69) is 5.32 Å². The number of rotatable bonds is 7. The molecular weight excluding hydrogens is 338 g/mol. The number of ether oxygens (including phenoxy) is 2. The summed E-state index contributed by atoms with van der Waals surface area (Å²) >= 11 is 0. The highest BCUT2D eigenvalue weighted by Crippen LogP contribution is 2.23. The topological polar surface area (TPSA) is 47.6 Å². The van der Waals surface area contributed by atoms with Crippen molar-refractivity contribution in [2.24, 2.45) is 0 Å². The number of carbonyl (C=O) groups is 1. The van der Waals surface area contributed by atoms with Crippen LogP contribution in [0.4, 0.5) is 5.69 Å². The van der Waals surface area contributed by atoms with Gasteiger partial charge in [-0.25, -0.2) is 0 Å². The van der Waals surface area contributed by atoms with Crippen LogP contribution >= 0.6 is 0 Å². The Morgan fingerprint density at radius 2 is 1.52 bits per heavy atom. The fourth-order valence-corrected chi connectivity index (χ4v) is 2.62. The van der Waals surface area contributed by atoms with Crippen LogP contribution in [0, 0.1) is 6.92 Å². The Hall–Kier alpha value is -3.27. The van der Waals surface area contributed by atoms with E-state index >= 15 is 0 Å². The van der Waals surface area contributed by atoms with Gasteiger partial charge in [0.25, 0.3) is 5.91 Å². The summed E-state index contributed by atoms with van der Waals surface area (Å²) < 4.78 is 11.7. The number of amides is 1. The van der Waals surface area contributed by atoms with Crippen molar-refractivity contribution in [3.63, 3.8) is 0 Å². The standard InChI is InChI=1S/C23H23NO3/c1-3-21(27-22-12-8-7-9-17(22)2)23(25)24-18-13-15-20(16-14-18)26-19-10-5-4-6-11-19/h4-16,21H,3H2,1-2H3,(H,24,25)/t21-/m1/s1. The molecule has 0 saturated heterocycles. The minimum Gasteiger partial charge on any atom is -0.480 e. The summed E-state index contributed by atoms with van der Waals surface area (Å²) in [6, 6.07) is 24.5. The minimum absolute atomic E-state index is 0.169. The van der Waals surface area contributed by atoms with E-state index in [1.807, 2.05) is 92.7 Å². The molecule has 0 spiro atoms. The van der Waals surface area contributed by atoms with Crippen molar-refractivity contribution < 1.29 is 14.3 Å². The Balaban J connectivity index is 1.61. The number of hydrogen-bond donors (Lipinski definition) is 1. The molecule has 1 N–H and O–H groups in total.